The molecule has 4 atom stereocenters. The summed E-state index contributed by atoms with van der Waals surface area (Å²) >= 11 is 0. The fourth-order valence-corrected chi connectivity index (χ4v) is 9.77. The van der Waals surface area contributed by atoms with Gasteiger partial charge in [0.25, 0.3) is 0 Å². The number of phenolic OH excluding ortho intramolecular Hbond substituents is 1. The van der Waals surface area contributed by atoms with E-state index in [4.69, 9.17) is 9.47 Å². The van der Waals surface area contributed by atoms with Crippen LogP contribution in [0.3, 0.4) is 0 Å². The van der Waals surface area contributed by atoms with E-state index in [1.54, 1.807) is 0 Å². The molecule has 1 N–H and O–H groups in total. The maximum Gasteiger partial charge on any atom is 0.166 e. The smallest absolute Gasteiger partial charge is 0.166 e. The number of ether oxygens (including phenoxy) is 2. The number of hydrogen-bond acceptors (Lipinski definition) is 4. The third-order valence-corrected chi connectivity index (χ3v) is 11.8. The van der Waals surface area contributed by atoms with Crippen LogP contribution in [0.4, 0.5) is 0 Å². The first-order valence-corrected chi connectivity index (χ1v) is 16.7. The van der Waals surface area contributed by atoms with E-state index in [2.05, 4.69) is 100 Å². The number of rotatable bonds is 7. The molecule has 226 valence electrons. The molecule has 45 heavy (non-hydrogen) atoms. The Morgan fingerprint density at radius 1 is 0.867 bits per heavy atom. The third kappa shape index (κ3) is 3.57. The maximum absolute atomic E-state index is 11.4. The highest BCUT2D eigenvalue weighted by atomic mass is 16.5. The first-order chi connectivity index (χ1) is 22.2. The van der Waals surface area contributed by atoms with Gasteiger partial charge in [0.05, 0.1) is 17.7 Å². The minimum Gasteiger partial charge on any atom is -0.504 e. The molecule has 2 bridgehead atoms. The van der Waals surface area contributed by atoms with E-state index in [1.165, 1.54) is 57.3 Å². The maximum atomic E-state index is 11.4. The Labute approximate surface area is 264 Å². The Hall–Kier alpha value is -4.06. The zero-order valence-electron chi connectivity index (χ0n) is 25.5. The molecule has 0 radical (unpaired) electrons. The summed E-state index contributed by atoms with van der Waals surface area (Å²) in [5, 5.41) is 12.7. The lowest BCUT2D eigenvalue weighted by Gasteiger charge is -2.64. The molecular formula is C40H38N2O3. The van der Waals surface area contributed by atoms with Gasteiger partial charge in [0.2, 0.25) is 0 Å². The number of para-hydroxylation sites is 1. The minimum atomic E-state index is -0.499. The molecule has 1 saturated carbocycles. The number of aromatic hydroxyl groups is 1. The minimum absolute atomic E-state index is 0.231. The predicted molar refractivity (Wildman–Crippen MR) is 175 cm³/mol. The van der Waals surface area contributed by atoms with Crippen molar-refractivity contribution in [1.82, 2.24) is 9.47 Å². The number of fused-ring (bicyclic) bond motifs is 4. The monoisotopic (exact) mass is 594 g/mol. The molecule has 10 rings (SSSR count). The molecule has 0 amide bonds. The van der Waals surface area contributed by atoms with Crippen molar-refractivity contribution in [1.29, 1.82) is 0 Å². The summed E-state index contributed by atoms with van der Waals surface area (Å²) in [5.41, 5.74) is 7.97. The Kier molecular flexibility index (Phi) is 5.51. The van der Waals surface area contributed by atoms with Gasteiger partial charge in [-0.1, -0.05) is 84.9 Å². The van der Waals surface area contributed by atoms with Crippen LogP contribution in [0.5, 0.6) is 11.5 Å². The summed E-state index contributed by atoms with van der Waals surface area (Å²) in [4.78, 5) is 2.78. The van der Waals surface area contributed by atoms with Crippen molar-refractivity contribution in [3.63, 3.8) is 0 Å². The first-order valence-electron chi connectivity index (χ1n) is 16.7. The molecule has 5 heteroatoms. The number of piperidine rings is 1. The van der Waals surface area contributed by atoms with Crippen molar-refractivity contribution in [3.05, 3.63) is 131 Å². The molecular weight excluding hydrogens is 556 g/mol. The number of benzene rings is 4. The van der Waals surface area contributed by atoms with Crippen molar-refractivity contribution >= 4 is 10.9 Å². The predicted octanol–water partition coefficient (Wildman–Crippen LogP) is 7.32. The largest absolute Gasteiger partial charge is 0.504 e. The van der Waals surface area contributed by atoms with Crippen molar-refractivity contribution in [2.45, 2.75) is 68.4 Å². The van der Waals surface area contributed by atoms with E-state index in [-0.39, 0.29) is 17.9 Å². The lowest BCUT2D eigenvalue weighted by Crippen LogP contribution is -2.75. The molecule has 5 nitrogen and oxygen atoms in total. The van der Waals surface area contributed by atoms with Crippen molar-refractivity contribution in [2.75, 3.05) is 13.1 Å². The molecule has 1 aromatic heterocycles. The molecule has 5 aliphatic rings. The van der Waals surface area contributed by atoms with E-state index in [9.17, 15) is 5.11 Å². The van der Waals surface area contributed by atoms with Gasteiger partial charge in [0, 0.05) is 42.0 Å². The van der Waals surface area contributed by atoms with Crippen molar-refractivity contribution in [3.8, 4) is 11.5 Å². The van der Waals surface area contributed by atoms with Gasteiger partial charge >= 0.3 is 0 Å². The molecule has 2 aliphatic heterocycles. The molecule has 5 aromatic rings. The van der Waals surface area contributed by atoms with Gasteiger partial charge in [-0.25, -0.2) is 0 Å². The van der Waals surface area contributed by atoms with Gasteiger partial charge < -0.3 is 19.1 Å². The standard InChI is InChI=1S/C40H38N2O3/c43-33-18-17-29-21-34-40(44-25-28-11-5-2-6-12-28)22-31-30-13-7-8-14-32(30)42(24-26-9-3-1-4-10-26)36(31)38-39(40,35(29)37(33)45-38)19-20-41(34)23-27-15-16-27/h1-14,17-18,27,34,38,43H,15-16,19-25H2/t34-,38-,39-,40+/m0/s1. The van der Waals surface area contributed by atoms with Crippen molar-refractivity contribution < 1.29 is 14.6 Å². The number of phenols is 1. The quantitative estimate of drug-likeness (QED) is 0.215. The highest BCUT2D eigenvalue weighted by molar-refractivity contribution is 5.87. The fourth-order valence-electron chi connectivity index (χ4n) is 9.77. The Balaban J connectivity index is 1.24. The number of hydrogen-bond donors (Lipinski definition) is 1. The zero-order chi connectivity index (χ0) is 29.8. The normalized spacial score (nSPS) is 27.6. The lowest BCUT2D eigenvalue weighted by molar-refractivity contribution is -0.211. The van der Waals surface area contributed by atoms with Crippen LogP contribution in [0.2, 0.25) is 0 Å². The molecule has 2 fully saturated rings. The van der Waals surface area contributed by atoms with Gasteiger partial charge in [-0.15, -0.1) is 0 Å². The average Bonchev–Trinajstić information content (AvgIpc) is 3.76. The summed E-state index contributed by atoms with van der Waals surface area (Å²) in [7, 11) is 0. The van der Waals surface area contributed by atoms with Gasteiger partial charge in [0.15, 0.2) is 17.6 Å². The van der Waals surface area contributed by atoms with E-state index in [0.717, 1.165) is 44.8 Å². The van der Waals surface area contributed by atoms with Gasteiger partial charge in [0.1, 0.15) is 5.60 Å². The molecule has 1 saturated heterocycles. The van der Waals surface area contributed by atoms with E-state index in [1.807, 2.05) is 6.07 Å². The second kappa shape index (κ2) is 9.48. The SMILES string of the molecule is Oc1ccc2c3c1O[C@H]1c4c(c5ccccc5n4Cc4ccccc4)C[C@@]4(OCc5ccccc5)[C@H](C2)N(CC2CC2)CC[C@]314. The lowest BCUT2D eigenvalue weighted by atomic mass is 9.48. The van der Waals surface area contributed by atoms with Crippen LogP contribution in [-0.2, 0) is 36.1 Å². The summed E-state index contributed by atoms with van der Waals surface area (Å²) in [6, 6.07) is 34.6. The Morgan fingerprint density at radius 3 is 2.42 bits per heavy atom. The van der Waals surface area contributed by atoms with E-state index < -0.39 is 11.0 Å². The zero-order valence-corrected chi connectivity index (χ0v) is 25.5. The van der Waals surface area contributed by atoms with Crippen LogP contribution in [0.15, 0.2) is 97.1 Å². The highest BCUT2D eigenvalue weighted by Crippen LogP contribution is 2.70. The highest BCUT2D eigenvalue weighted by Gasteiger charge is 2.74. The molecule has 3 aliphatic carbocycles. The summed E-state index contributed by atoms with van der Waals surface area (Å²) in [5.74, 6) is 1.73. The first kappa shape index (κ1) is 26.2. The summed E-state index contributed by atoms with van der Waals surface area (Å²) in [6.07, 6.45) is 5.12. The average molecular weight is 595 g/mol. The summed E-state index contributed by atoms with van der Waals surface area (Å²) in [6.45, 7) is 3.51. The van der Waals surface area contributed by atoms with Crippen molar-refractivity contribution in [2.24, 2.45) is 5.92 Å². The van der Waals surface area contributed by atoms with Gasteiger partial charge in [-0.3, -0.25) is 4.90 Å². The molecule has 3 heterocycles. The second-order valence-corrected chi connectivity index (χ2v) is 14.1. The third-order valence-electron chi connectivity index (χ3n) is 11.8. The topological polar surface area (TPSA) is 46.9 Å². The van der Waals surface area contributed by atoms with Crippen LogP contribution in [0.25, 0.3) is 10.9 Å². The van der Waals surface area contributed by atoms with Gasteiger partial charge in [-0.2, -0.15) is 0 Å². The number of aromatic nitrogens is 1. The second-order valence-electron chi connectivity index (χ2n) is 14.1. The van der Waals surface area contributed by atoms with Crippen LogP contribution in [0, 0.1) is 5.92 Å². The number of likely N-dealkylation sites (tertiary alicyclic amines) is 1. The van der Waals surface area contributed by atoms with Crippen LogP contribution < -0.4 is 4.74 Å². The van der Waals surface area contributed by atoms with Crippen LogP contribution >= 0.6 is 0 Å². The Morgan fingerprint density at radius 2 is 1.62 bits per heavy atom. The molecule has 1 spiro atoms. The summed E-state index contributed by atoms with van der Waals surface area (Å²) < 4.78 is 17.3. The van der Waals surface area contributed by atoms with Gasteiger partial charge in [-0.05, 0) is 72.5 Å². The van der Waals surface area contributed by atoms with E-state index in [0.29, 0.717) is 12.4 Å². The van der Waals surface area contributed by atoms with E-state index >= 15 is 0 Å². The fraction of sp³-hybridized carbons (Fsp3) is 0.350. The van der Waals surface area contributed by atoms with Crippen LogP contribution in [0.1, 0.15) is 58.9 Å². The Bertz CT molecular complexity index is 1950. The number of nitrogens with zero attached hydrogens (tertiary/aromatic N) is 2. The molecule has 4 aromatic carbocycles. The molecule has 0 unspecified atom stereocenters. The van der Waals surface area contributed by atoms with Crippen LogP contribution in [-0.4, -0.2) is 39.3 Å².